The first-order chi connectivity index (χ1) is 11.2. The van der Waals surface area contributed by atoms with Crippen molar-refractivity contribution in [3.8, 4) is 0 Å². The molecule has 1 saturated carbocycles. The van der Waals surface area contributed by atoms with Gasteiger partial charge >= 0.3 is 0 Å². The number of ether oxygens (including phenoxy) is 1. The number of morpholine rings is 1. The minimum Gasteiger partial charge on any atom is -0.370 e. The quantitative estimate of drug-likeness (QED) is 0.828. The molecule has 0 radical (unpaired) electrons. The van der Waals surface area contributed by atoms with E-state index in [9.17, 15) is 4.79 Å². The lowest BCUT2D eigenvalue weighted by atomic mass is 9.79. The third-order valence-corrected chi connectivity index (χ3v) is 5.26. The highest BCUT2D eigenvalue weighted by Gasteiger charge is 2.42. The van der Waals surface area contributed by atoms with Gasteiger partial charge in [-0.15, -0.1) is 0 Å². The maximum absolute atomic E-state index is 12.4. The third-order valence-electron chi connectivity index (χ3n) is 5.26. The summed E-state index contributed by atoms with van der Waals surface area (Å²) in [7, 11) is 0. The number of nitrogens with one attached hydrogen (secondary N) is 2. The second-order valence-electron chi connectivity index (χ2n) is 6.78. The summed E-state index contributed by atoms with van der Waals surface area (Å²) < 4.78 is 5.52. The third kappa shape index (κ3) is 3.87. The fraction of sp³-hybridized carbons (Fsp3) is 0.706. The molecule has 2 fully saturated rings. The normalized spacial score (nSPS) is 21.8. The van der Waals surface area contributed by atoms with Crippen molar-refractivity contribution in [1.82, 2.24) is 15.3 Å². The molecule has 1 aliphatic carbocycles. The predicted octanol–water partition coefficient (Wildman–Crippen LogP) is 0.133. The van der Waals surface area contributed by atoms with Crippen LogP contribution in [0.15, 0.2) is 12.4 Å². The topological polar surface area (TPSA) is 68.5 Å². The van der Waals surface area contributed by atoms with Crippen LogP contribution in [0.25, 0.3) is 0 Å². The predicted molar refractivity (Wildman–Crippen MR) is 86.4 cm³/mol. The number of aromatic nitrogens is 2. The Morgan fingerprint density at radius 3 is 2.61 bits per heavy atom. The van der Waals surface area contributed by atoms with Crippen molar-refractivity contribution in [2.45, 2.75) is 44.6 Å². The lowest BCUT2D eigenvalue weighted by Crippen LogP contribution is -3.23. The molecule has 1 saturated heterocycles. The summed E-state index contributed by atoms with van der Waals surface area (Å²) in [6.45, 7) is 6.33. The molecule has 0 spiro atoms. The minimum atomic E-state index is -0.116. The molecule has 0 bridgehead atoms. The standard InChI is InChI=1S/C17H26N4O2/c1-14-11-19-15(12-18-14)16(22)20-13-17(5-3-2-4-6-17)21-7-9-23-10-8-21/h11-12H,2-10,13H2,1H3,(H,20,22)/p+1. The highest BCUT2D eigenvalue weighted by Crippen LogP contribution is 2.25. The van der Waals surface area contributed by atoms with Gasteiger partial charge in [-0.05, 0) is 19.8 Å². The van der Waals surface area contributed by atoms with Gasteiger partial charge in [-0.2, -0.15) is 0 Å². The molecule has 6 heteroatoms. The van der Waals surface area contributed by atoms with Crippen molar-refractivity contribution in [1.29, 1.82) is 0 Å². The van der Waals surface area contributed by atoms with Crippen molar-refractivity contribution in [3.63, 3.8) is 0 Å². The number of carbonyl (C=O) groups excluding carboxylic acids is 1. The van der Waals surface area contributed by atoms with Crippen molar-refractivity contribution in [3.05, 3.63) is 23.8 Å². The Morgan fingerprint density at radius 2 is 1.96 bits per heavy atom. The van der Waals surface area contributed by atoms with E-state index < -0.39 is 0 Å². The van der Waals surface area contributed by atoms with Crippen LogP contribution in [-0.4, -0.2) is 54.3 Å². The van der Waals surface area contributed by atoms with Gasteiger partial charge in [0.15, 0.2) is 0 Å². The van der Waals surface area contributed by atoms with Crippen LogP contribution in [0.4, 0.5) is 0 Å². The van der Waals surface area contributed by atoms with Gasteiger partial charge in [0.25, 0.3) is 5.91 Å². The monoisotopic (exact) mass is 319 g/mol. The van der Waals surface area contributed by atoms with E-state index in [1.54, 1.807) is 17.3 Å². The van der Waals surface area contributed by atoms with E-state index in [2.05, 4.69) is 15.3 Å². The average molecular weight is 319 g/mol. The summed E-state index contributed by atoms with van der Waals surface area (Å²) >= 11 is 0. The van der Waals surface area contributed by atoms with Crippen LogP contribution in [0.3, 0.4) is 0 Å². The van der Waals surface area contributed by atoms with E-state index in [-0.39, 0.29) is 11.4 Å². The van der Waals surface area contributed by atoms with Gasteiger partial charge in [0.2, 0.25) is 0 Å². The van der Waals surface area contributed by atoms with E-state index in [0.29, 0.717) is 5.69 Å². The molecule has 2 N–H and O–H groups in total. The van der Waals surface area contributed by atoms with E-state index >= 15 is 0 Å². The van der Waals surface area contributed by atoms with Gasteiger partial charge in [-0.25, -0.2) is 4.98 Å². The molecule has 1 aliphatic heterocycles. The summed E-state index contributed by atoms with van der Waals surface area (Å²) in [5.74, 6) is -0.116. The Hall–Kier alpha value is -1.53. The highest BCUT2D eigenvalue weighted by molar-refractivity contribution is 5.91. The Bertz CT molecular complexity index is 520. The molecule has 1 aromatic heterocycles. The Balaban J connectivity index is 1.66. The van der Waals surface area contributed by atoms with Gasteiger partial charge in [0.05, 0.1) is 31.6 Å². The van der Waals surface area contributed by atoms with Crippen LogP contribution in [0.1, 0.15) is 48.3 Å². The van der Waals surface area contributed by atoms with Crippen LogP contribution in [0, 0.1) is 6.92 Å². The highest BCUT2D eigenvalue weighted by atomic mass is 16.5. The van der Waals surface area contributed by atoms with Crippen LogP contribution < -0.4 is 10.2 Å². The number of rotatable bonds is 4. The lowest BCUT2D eigenvalue weighted by Gasteiger charge is -2.44. The molecule has 3 rings (SSSR count). The Kier molecular flexibility index (Phi) is 5.23. The Labute approximate surface area is 137 Å². The zero-order valence-corrected chi connectivity index (χ0v) is 13.9. The first kappa shape index (κ1) is 16.3. The van der Waals surface area contributed by atoms with Crippen molar-refractivity contribution in [2.24, 2.45) is 0 Å². The molecular formula is C17H27N4O2+. The molecule has 6 nitrogen and oxygen atoms in total. The van der Waals surface area contributed by atoms with Crippen molar-refractivity contribution < 1.29 is 14.4 Å². The molecular weight excluding hydrogens is 292 g/mol. The second-order valence-corrected chi connectivity index (χ2v) is 6.78. The summed E-state index contributed by atoms with van der Waals surface area (Å²) in [5, 5.41) is 3.12. The fourth-order valence-electron chi connectivity index (χ4n) is 3.88. The summed E-state index contributed by atoms with van der Waals surface area (Å²) in [5.41, 5.74) is 1.39. The molecule has 0 atom stereocenters. The van der Waals surface area contributed by atoms with Crippen LogP contribution in [-0.2, 0) is 4.74 Å². The Morgan fingerprint density at radius 1 is 1.22 bits per heavy atom. The summed E-state index contributed by atoms with van der Waals surface area (Å²) in [6.07, 6.45) is 9.38. The first-order valence-corrected chi connectivity index (χ1v) is 8.69. The van der Waals surface area contributed by atoms with Gasteiger partial charge in [-0.3, -0.25) is 9.78 Å². The van der Waals surface area contributed by atoms with Gasteiger partial charge in [-0.1, -0.05) is 6.42 Å². The number of hydrogen-bond donors (Lipinski definition) is 2. The smallest absolute Gasteiger partial charge is 0.271 e. The maximum atomic E-state index is 12.4. The number of aryl methyl sites for hydroxylation is 1. The molecule has 2 aliphatic rings. The zero-order chi connectivity index (χ0) is 16.1. The molecule has 1 amide bonds. The van der Waals surface area contributed by atoms with Crippen LogP contribution in [0.2, 0.25) is 0 Å². The fourth-order valence-corrected chi connectivity index (χ4v) is 3.88. The van der Waals surface area contributed by atoms with E-state index in [0.717, 1.165) is 38.5 Å². The lowest BCUT2D eigenvalue weighted by molar-refractivity contribution is -0.960. The number of quaternary nitrogens is 1. The maximum Gasteiger partial charge on any atom is 0.271 e. The van der Waals surface area contributed by atoms with Gasteiger partial charge in [0, 0.05) is 19.0 Å². The van der Waals surface area contributed by atoms with Crippen LogP contribution >= 0.6 is 0 Å². The van der Waals surface area contributed by atoms with Crippen molar-refractivity contribution in [2.75, 3.05) is 32.8 Å². The molecule has 0 aromatic carbocycles. The first-order valence-electron chi connectivity index (χ1n) is 8.69. The van der Waals surface area contributed by atoms with E-state index in [1.165, 1.54) is 32.1 Å². The van der Waals surface area contributed by atoms with Crippen molar-refractivity contribution >= 4 is 5.91 Å². The summed E-state index contributed by atoms with van der Waals surface area (Å²) in [6, 6.07) is 0. The minimum absolute atomic E-state index is 0.116. The number of amides is 1. The molecule has 1 aromatic rings. The number of nitrogens with zero attached hydrogens (tertiary/aromatic N) is 2. The van der Waals surface area contributed by atoms with Gasteiger partial charge in [0.1, 0.15) is 24.3 Å². The van der Waals surface area contributed by atoms with E-state index in [4.69, 9.17) is 4.74 Å². The van der Waals surface area contributed by atoms with Gasteiger partial charge < -0.3 is 15.0 Å². The molecule has 126 valence electrons. The number of carbonyl (C=O) groups is 1. The SMILES string of the molecule is Cc1cnc(C(=O)NCC2([NH+]3CCOCC3)CCCCC2)cn1. The average Bonchev–Trinajstić information content (AvgIpc) is 2.62. The molecule has 23 heavy (non-hydrogen) atoms. The second kappa shape index (κ2) is 7.36. The van der Waals surface area contributed by atoms with E-state index in [1.807, 2.05) is 6.92 Å². The molecule has 2 heterocycles. The summed E-state index contributed by atoms with van der Waals surface area (Å²) in [4.78, 5) is 22.3. The number of hydrogen-bond acceptors (Lipinski definition) is 4. The zero-order valence-electron chi connectivity index (χ0n) is 13.9. The van der Waals surface area contributed by atoms with Crippen LogP contribution in [0.5, 0.6) is 0 Å². The largest absolute Gasteiger partial charge is 0.370 e. The molecule has 0 unspecified atom stereocenters.